The minimum atomic E-state index is 0.378. The molecule has 0 spiro atoms. The van der Waals surface area contributed by atoms with E-state index in [1.54, 1.807) is 0 Å². The molecule has 0 aromatic carbocycles. The minimum Gasteiger partial charge on any atom is -0.328 e. The average Bonchev–Trinajstić information content (AvgIpc) is 2.47. The summed E-state index contributed by atoms with van der Waals surface area (Å²) in [5, 5.41) is 4.24. The van der Waals surface area contributed by atoms with Gasteiger partial charge in [0, 0.05) is 12.7 Å². The van der Waals surface area contributed by atoms with Crippen molar-refractivity contribution in [3.63, 3.8) is 0 Å². The first-order chi connectivity index (χ1) is 5.77. The Kier molecular flexibility index (Phi) is 3.29. The molecule has 0 saturated heterocycles. The van der Waals surface area contributed by atoms with Gasteiger partial charge in [-0.25, -0.2) is 0 Å². The van der Waals surface area contributed by atoms with Gasteiger partial charge in [0.15, 0.2) is 0 Å². The second-order valence-electron chi connectivity index (χ2n) is 3.18. The normalized spacial score (nSPS) is 13.2. The molecule has 0 bridgehead atoms. The van der Waals surface area contributed by atoms with E-state index >= 15 is 0 Å². The molecule has 68 valence electrons. The molecule has 1 rings (SSSR count). The highest BCUT2D eigenvalue weighted by Crippen LogP contribution is 2.11. The zero-order valence-corrected chi connectivity index (χ0v) is 7.83. The van der Waals surface area contributed by atoms with Crippen LogP contribution in [0.4, 0.5) is 0 Å². The van der Waals surface area contributed by atoms with Gasteiger partial charge in [-0.3, -0.25) is 4.68 Å². The minimum absolute atomic E-state index is 0.378. The van der Waals surface area contributed by atoms with E-state index in [4.69, 9.17) is 5.73 Å². The molecule has 1 aromatic heterocycles. The fourth-order valence-electron chi connectivity index (χ4n) is 1.32. The van der Waals surface area contributed by atoms with Crippen molar-refractivity contribution >= 4 is 0 Å². The van der Waals surface area contributed by atoms with Crippen LogP contribution in [0.5, 0.6) is 0 Å². The van der Waals surface area contributed by atoms with E-state index < -0.39 is 0 Å². The van der Waals surface area contributed by atoms with Gasteiger partial charge in [0.2, 0.25) is 0 Å². The fraction of sp³-hybridized carbons (Fsp3) is 0.667. The molecule has 0 aliphatic heterocycles. The van der Waals surface area contributed by atoms with E-state index in [-0.39, 0.29) is 0 Å². The van der Waals surface area contributed by atoms with Crippen molar-refractivity contribution in [1.29, 1.82) is 0 Å². The van der Waals surface area contributed by atoms with Crippen molar-refractivity contribution in [1.82, 2.24) is 9.78 Å². The zero-order valence-electron chi connectivity index (χ0n) is 7.83. The predicted octanol–water partition coefficient (Wildman–Crippen LogP) is 1.49. The fourth-order valence-corrected chi connectivity index (χ4v) is 1.32. The van der Waals surface area contributed by atoms with Crippen LogP contribution in [0.2, 0.25) is 0 Å². The van der Waals surface area contributed by atoms with E-state index in [0.717, 1.165) is 12.8 Å². The summed E-state index contributed by atoms with van der Waals surface area (Å²) in [6.07, 6.45) is 6.18. The number of aromatic nitrogens is 2. The van der Waals surface area contributed by atoms with Crippen LogP contribution in [0.3, 0.4) is 0 Å². The molecule has 1 unspecified atom stereocenters. The summed E-state index contributed by atoms with van der Waals surface area (Å²) >= 11 is 0. The third-order valence-electron chi connectivity index (χ3n) is 2.00. The maximum absolute atomic E-state index is 5.64. The van der Waals surface area contributed by atoms with Gasteiger partial charge in [-0.1, -0.05) is 13.3 Å². The van der Waals surface area contributed by atoms with E-state index in [1.807, 2.05) is 24.0 Å². The van der Waals surface area contributed by atoms with Crippen LogP contribution < -0.4 is 5.73 Å². The van der Waals surface area contributed by atoms with Gasteiger partial charge in [-0.2, -0.15) is 5.10 Å². The van der Waals surface area contributed by atoms with E-state index in [0.29, 0.717) is 12.6 Å². The molecule has 1 atom stereocenters. The molecule has 0 saturated carbocycles. The number of hydrogen-bond acceptors (Lipinski definition) is 2. The van der Waals surface area contributed by atoms with Gasteiger partial charge < -0.3 is 5.73 Å². The summed E-state index contributed by atoms with van der Waals surface area (Å²) in [4.78, 5) is 0. The Morgan fingerprint density at radius 1 is 1.67 bits per heavy atom. The van der Waals surface area contributed by atoms with Gasteiger partial charge in [-0.15, -0.1) is 0 Å². The second-order valence-corrected chi connectivity index (χ2v) is 3.18. The van der Waals surface area contributed by atoms with Crippen molar-refractivity contribution in [3.8, 4) is 0 Å². The average molecular weight is 167 g/mol. The lowest BCUT2D eigenvalue weighted by molar-refractivity contribution is 0.429. The quantitative estimate of drug-likeness (QED) is 0.738. The number of nitrogens with two attached hydrogens (primary N) is 1. The third kappa shape index (κ3) is 2.08. The highest BCUT2D eigenvalue weighted by molar-refractivity contribution is 5.00. The molecule has 12 heavy (non-hydrogen) atoms. The van der Waals surface area contributed by atoms with Crippen LogP contribution in [-0.4, -0.2) is 16.3 Å². The smallest absolute Gasteiger partial charge is 0.0641 e. The standard InChI is InChI=1S/C9H17N3/c1-3-4-9(5-10)12-7-8(2)6-11-12/h6-7,9H,3-5,10H2,1-2H3. The number of nitrogens with zero attached hydrogens (tertiary/aromatic N) is 2. The summed E-state index contributed by atoms with van der Waals surface area (Å²) in [7, 11) is 0. The number of rotatable bonds is 4. The second kappa shape index (κ2) is 4.26. The van der Waals surface area contributed by atoms with Gasteiger partial charge in [-0.05, 0) is 18.9 Å². The molecule has 0 amide bonds. The zero-order chi connectivity index (χ0) is 8.97. The lowest BCUT2D eigenvalue weighted by Crippen LogP contribution is -2.19. The molecule has 3 nitrogen and oxygen atoms in total. The highest BCUT2D eigenvalue weighted by atomic mass is 15.3. The van der Waals surface area contributed by atoms with Crippen LogP contribution in [-0.2, 0) is 0 Å². The molecule has 2 N–H and O–H groups in total. The predicted molar refractivity (Wildman–Crippen MR) is 50.0 cm³/mol. The van der Waals surface area contributed by atoms with Gasteiger partial charge in [0.05, 0.1) is 12.2 Å². The first kappa shape index (κ1) is 9.26. The van der Waals surface area contributed by atoms with Crippen LogP contribution in [0.15, 0.2) is 12.4 Å². The van der Waals surface area contributed by atoms with Crippen LogP contribution in [0.25, 0.3) is 0 Å². The Morgan fingerprint density at radius 3 is 2.83 bits per heavy atom. The summed E-state index contributed by atoms with van der Waals surface area (Å²) in [6.45, 7) is 4.89. The number of hydrogen-bond donors (Lipinski definition) is 1. The van der Waals surface area contributed by atoms with Crippen molar-refractivity contribution < 1.29 is 0 Å². The monoisotopic (exact) mass is 167 g/mol. The number of aryl methyl sites for hydroxylation is 1. The molecule has 0 aliphatic carbocycles. The van der Waals surface area contributed by atoms with Crippen molar-refractivity contribution in [2.75, 3.05) is 6.54 Å². The first-order valence-corrected chi connectivity index (χ1v) is 4.48. The molecule has 1 heterocycles. The maximum atomic E-state index is 5.64. The molecule has 0 aliphatic rings. The Morgan fingerprint density at radius 2 is 2.42 bits per heavy atom. The Balaban J connectivity index is 2.66. The molecular formula is C9H17N3. The van der Waals surface area contributed by atoms with E-state index in [1.165, 1.54) is 5.56 Å². The van der Waals surface area contributed by atoms with Crippen molar-refractivity contribution in [2.24, 2.45) is 5.73 Å². The lowest BCUT2D eigenvalue weighted by atomic mass is 10.2. The molecule has 3 heteroatoms. The van der Waals surface area contributed by atoms with E-state index in [2.05, 4.69) is 12.0 Å². The Bertz CT molecular complexity index is 229. The maximum Gasteiger partial charge on any atom is 0.0641 e. The first-order valence-electron chi connectivity index (χ1n) is 4.48. The summed E-state index contributed by atoms with van der Waals surface area (Å²) in [5.74, 6) is 0. The lowest BCUT2D eigenvalue weighted by Gasteiger charge is -2.13. The van der Waals surface area contributed by atoms with Gasteiger partial charge >= 0.3 is 0 Å². The summed E-state index contributed by atoms with van der Waals surface area (Å²) < 4.78 is 1.97. The third-order valence-corrected chi connectivity index (χ3v) is 2.00. The molecular weight excluding hydrogens is 150 g/mol. The van der Waals surface area contributed by atoms with Crippen LogP contribution in [0.1, 0.15) is 31.4 Å². The van der Waals surface area contributed by atoms with Crippen LogP contribution in [0, 0.1) is 6.92 Å². The Hall–Kier alpha value is -0.830. The van der Waals surface area contributed by atoms with Crippen molar-refractivity contribution in [2.45, 2.75) is 32.7 Å². The van der Waals surface area contributed by atoms with Crippen molar-refractivity contribution in [3.05, 3.63) is 18.0 Å². The SMILES string of the molecule is CCCC(CN)n1cc(C)cn1. The Labute approximate surface area is 73.6 Å². The molecule has 1 aromatic rings. The summed E-state index contributed by atoms with van der Waals surface area (Å²) in [6, 6.07) is 0.378. The van der Waals surface area contributed by atoms with Crippen LogP contribution >= 0.6 is 0 Å². The summed E-state index contributed by atoms with van der Waals surface area (Å²) in [5.41, 5.74) is 6.84. The van der Waals surface area contributed by atoms with Gasteiger partial charge in [0.1, 0.15) is 0 Å². The largest absolute Gasteiger partial charge is 0.328 e. The molecule has 0 radical (unpaired) electrons. The van der Waals surface area contributed by atoms with E-state index in [9.17, 15) is 0 Å². The van der Waals surface area contributed by atoms with Gasteiger partial charge in [0.25, 0.3) is 0 Å². The topological polar surface area (TPSA) is 43.8 Å². The molecule has 0 fully saturated rings. The highest BCUT2D eigenvalue weighted by Gasteiger charge is 2.07.